The van der Waals surface area contributed by atoms with Gasteiger partial charge < -0.3 is 4.52 Å². The summed E-state index contributed by atoms with van der Waals surface area (Å²) in [5.41, 5.74) is 1.69. The Labute approximate surface area is 107 Å². The zero-order valence-corrected chi connectivity index (χ0v) is 10.9. The average Bonchev–Trinajstić information content (AvgIpc) is 2.63. The first kappa shape index (κ1) is 12.3. The molecule has 90 valence electrons. The van der Waals surface area contributed by atoms with E-state index in [2.05, 4.69) is 5.16 Å². The maximum atomic E-state index is 11.9. The van der Waals surface area contributed by atoms with Gasteiger partial charge in [0.1, 0.15) is 5.76 Å². The summed E-state index contributed by atoms with van der Waals surface area (Å²) in [5.74, 6) is 1.62. The molecule has 5 heteroatoms. The van der Waals surface area contributed by atoms with Crippen molar-refractivity contribution in [3.8, 4) is 0 Å². The van der Waals surface area contributed by atoms with E-state index >= 15 is 0 Å². The van der Waals surface area contributed by atoms with Crippen molar-refractivity contribution < 1.29 is 8.73 Å². The lowest BCUT2D eigenvalue weighted by Crippen LogP contribution is -1.99. The second-order valence-corrected chi connectivity index (χ2v) is 5.68. The van der Waals surface area contributed by atoms with Gasteiger partial charge in [-0.05, 0) is 24.6 Å². The van der Waals surface area contributed by atoms with E-state index in [-0.39, 0.29) is 0 Å². The van der Waals surface area contributed by atoms with Gasteiger partial charge in [0.15, 0.2) is 0 Å². The number of aromatic nitrogens is 1. The van der Waals surface area contributed by atoms with Crippen LogP contribution in [0.2, 0.25) is 5.02 Å². The molecule has 1 heterocycles. The van der Waals surface area contributed by atoms with Crippen LogP contribution < -0.4 is 0 Å². The van der Waals surface area contributed by atoms with Gasteiger partial charge in [0.2, 0.25) is 0 Å². The van der Waals surface area contributed by atoms with E-state index in [9.17, 15) is 4.21 Å². The standard InChI is InChI=1S/C12H12ClNO2S/c1-9-5-12(14-16-9)8-17(15)7-10-3-2-4-11(13)6-10/h2-6H,7-8H2,1H3. The van der Waals surface area contributed by atoms with Crippen molar-refractivity contribution in [2.75, 3.05) is 0 Å². The monoisotopic (exact) mass is 269 g/mol. The third kappa shape index (κ3) is 3.68. The number of hydrogen-bond acceptors (Lipinski definition) is 3. The van der Waals surface area contributed by atoms with Crippen molar-refractivity contribution in [1.29, 1.82) is 0 Å². The molecule has 1 unspecified atom stereocenters. The van der Waals surface area contributed by atoms with Gasteiger partial charge in [0.25, 0.3) is 0 Å². The molecule has 0 aliphatic heterocycles. The molecule has 0 amide bonds. The molecule has 2 rings (SSSR count). The molecule has 0 saturated heterocycles. The normalized spacial score (nSPS) is 12.6. The predicted molar refractivity (Wildman–Crippen MR) is 68.2 cm³/mol. The Morgan fingerprint density at radius 1 is 1.35 bits per heavy atom. The number of halogens is 1. The Balaban J connectivity index is 1.98. The Morgan fingerprint density at radius 2 is 2.18 bits per heavy atom. The fraction of sp³-hybridized carbons (Fsp3) is 0.250. The number of rotatable bonds is 4. The number of hydrogen-bond donors (Lipinski definition) is 0. The molecule has 0 bridgehead atoms. The minimum Gasteiger partial charge on any atom is -0.361 e. The van der Waals surface area contributed by atoms with Gasteiger partial charge in [-0.3, -0.25) is 4.21 Å². The molecule has 3 nitrogen and oxygen atoms in total. The number of nitrogens with zero attached hydrogens (tertiary/aromatic N) is 1. The highest BCUT2D eigenvalue weighted by Crippen LogP contribution is 2.14. The Bertz CT molecular complexity index is 539. The van der Waals surface area contributed by atoms with E-state index in [0.29, 0.717) is 16.5 Å². The van der Waals surface area contributed by atoms with Crippen LogP contribution in [0.3, 0.4) is 0 Å². The zero-order chi connectivity index (χ0) is 12.3. The summed E-state index contributed by atoms with van der Waals surface area (Å²) in [6.45, 7) is 1.82. The van der Waals surface area contributed by atoms with Gasteiger partial charge in [-0.2, -0.15) is 0 Å². The summed E-state index contributed by atoms with van der Waals surface area (Å²) in [6.07, 6.45) is 0. The molecule has 0 spiro atoms. The van der Waals surface area contributed by atoms with Gasteiger partial charge in [-0.1, -0.05) is 28.9 Å². The van der Waals surface area contributed by atoms with Crippen molar-refractivity contribution in [3.05, 3.63) is 52.4 Å². The highest BCUT2D eigenvalue weighted by molar-refractivity contribution is 7.83. The summed E-state index contributed by atoms with van der Waals surface area (Å²) in [7, 11) is -0.998. The molecule has 0 aliphatic rings. The quantitative estimate of drug-likeness (QED) is 0.857. The number of aryl methyl sites for hydroxylation is 1. The molecule has 1 aromatic carbocycles. The summed E-state index contributed by atoms with van der Waals surface area (Å²) < 4.78 is 16.8. The Hall–Kier alpha value is -1.13. The minimum absolute atomic E-state index is 0.407. The highest BCUT2D eigenvalue weighted by Gasteiger charge is 2.07. The first-order valence-corrected chi connectivity index (χ1v) is 7.02. The van der Waals surface area contributed by atoms with Crippen molar-refractivity contribution >= 4 is 22.4 Å². The van der Waals surface area contributed by atoms with E-state index < -0.39 is 10.8 Å². The minimum atomic E-state index is -0.998. The molecule has 0 N–H and O–H groups in total. The predicted octanol–water partition coefficient (Wildman–Crippen LogP) is 3.09. The van der Waals surface area contributed by atoms with Crippen LogP contribution in [0.5, 0.6) is 0 Å². The van der Waals surface area contributed by atoms with Crippen LogP contribution in [0.25, 0.3) is 0 Å². The molecule has 2 aromatic rings. The Morgan fingerprint density at radius 3 is 2.82 bits per heavy atom. The van der Waals surface area contributed by atoms with Crippen LogP contribution in [0.4, 0.5) is 0 Å². The molecule has 0 fully saturated rings. The molecule has 1 aromatic heterocycles. The van der Waals surface area contributed by atoms with Gasteiger partial charge >= 0.3 is 0 Å². The summed E-state index contributed by atoms with van der Waals surface area (Å²) >= 11 is 5.87. The lowest BCUT2D eigenvalue weighted by molar-refractivity contribution is 0.392. The number of benzene rings is 1. The second kappa shape index (κ2) is 5.47. The maximum absolute atomic E-state index is 11.9. The van der Waals surface area contributed by atoms with Crippen molar-refractivity contribution in [1.82, 2.24) is 5.16 Å². The van der Waals surface area contributed by atoms with E-state index in [1.54, 1.807) is 12.1 Å². The van der Waals surface area contributed by atoms with E-state index in [1.807, 2.05) is 25.1 Å². The second-order valence-electron chi connectivity index (χ2n) is 3.79. The van der Waals surface area contributed by atoms with Crippen LogP contribution in [-0.2, 0) is 22.3 Å². The van der Waals surface area contributed by atoms with E-state index in [1.165, 1.54) is 0 Å². The Kier molecular flexibility index (Phi) is 3.97. The summed E-state index contributed by atoms with van der Waals surface area (Å²) in [5, 5.41) is 4.48. The van der Waals surface area contributed by atoms with Crippen LogP contribution in [-0.4, -0.2) is 9.37 Å². The molecule has 0 saturated carbocycles. The molecule has 17 heavy (non-hydrogen) atoms. The van der Waals surface area contributed by atoms with Crippen LogP contribution in [0.15, 0.2) is 34.9 Å². The maximum Gasteiger partial charge on any atom is 0.133 e. The van der Waals surface area contributed by atoms with Crippen LogP contribution in [0, 0.1) is 6.92 Å². The van der Waals surface area contributed by atoms with Crippen molar-refractivity contribution in [2.45, 2.75) is 18.4 Å². The third-order valence-corrected chi connectivity index (χ3v) is 3.71. The smallest absolute Gasteiger partial charge is 0.133 e. The largest absolute Gasteiger partial charge is 0.361 e. The molecule has 1 atom stereocenters. The van der Waals surface area contributed by atoms with Gasteiger partial charge in [0.05, 0.1) is 11.4 Å². The van der Waals surface area contributed by atoms with E-state index in [0.717, 1.165) is 17.0 Å². The molecule has 0 radical (unpaired) electrons. The first-order valence-electron chi connectivity index (χ1n) is 5.15. The summed E-state index contributed by atoms with van der Waals surface area (Å²) in [6, 6.07) is 9.20. The molecular formula is C12H12ClNO2S. The van der Waals surface area contributed by atoms with Crippen LogP contribution in [0.1, 0.15) is 17.0 Å². The SMILES string of the molecule is Cc1cc(CS(=O)Cc2cccc(Cl)c2)no1. The first-order chi connectivity index (χ1) is 8.13. The average molecular weight is 270 g/mol. The fourth-order valence-electron chi connectivity index (χ4n) is 1.51. The highest BCUT2D eigenvalue weighted by atomic mass is 35.5. The van der Waals surface area contributed by atoms with Crippen molar-refractivity contribution in [3.63, 3.8) is 0 Å². The van der Waals surface area contributed by atoms with E-state index in [4.69, 9.17) is 16.1 Å². The molecule has 0 aliphatic carbocycles. The van der Waals surface area contributed by atoms with Gasteiger partial charge in [-0.25, -0.2) is 0 Å². The summed E-state index contributed by atoms with van der Waals surface area (Å²) in [4.78, 5) is 0. The lowest BCUT2D eigenvalue weighted by Gasteiger charge is -2.01. The topological polar surface area (TPSA) is 43.1 Å². The third-order valence-electron chi connectivity index (χ3n) is 2.20. The van der Waals surface area contributed by atoms with Crippen molar-refractivity contribution in [2.24, 2.45) is 0 Å². The van der Waals surface area contributed by atoms with Crippen LogP contribution >= 0.6 is 11.6 Å². The molecular weight excluding hydrogens is 258 g/mol. The van der Waals surface area contributed by atoms with Gasteiger partial charge in [-0.15, -0.1) is 0 Å². The fourth-order valence-corrected chi connectivity index (χ4v) is 2.85. The lowest BCUT2D eigenvalue weighted by atomic mass is 10.2. The van der Waals surface area contributed by atoms with Gasteiger partial charge in [0, 0.05) is 27.6 Å². The zero-order valence-electron chi connectivity index (χ0n) is 9.35.